The summed E-state index contributed by atoms with van der Waals surface area (Å²) < 4.78 is 5.51. The van der Waals surface area contributed by atoms with Gasteiger partial charge in [0.2, 0.25) is 0 Å². The van der Waals surface area contributed by atoms with Gasteiger partial charge in [-0.15, -0.1) is 0 Å². The van der Waals surface area contributed by atoms with Crippen LogP contribution in [0.3, 0.4) is 0 Å². The van der Waals surface area contributed by atoms with Gasteiger partial charge in [-0.3, -0.25) is 4.90 Å². The van der Waals surface area contributed by atoms with E-state index in [-0.39, 0.29) is 0 Å². The molecule has 1 fully saturated rings. The van der Waals surface area contributed by atoms with Crippen LogP contribution >= 0.6 is 0 Å². The average molecular weight is 290 g/mol. The lowest BCUT2D eigenvalue weighted by atomic mass is 9.94. The zero-order chi connectivity index (χ0) is 15.2. The van der Waals surface area contributed by atoms with Crippen molar-refractivity contribution in [2.75, 3.05) is 26.8 Å². The Morgan fingerprint density at radius 2 is 2.00 bits per heavy atom. The molecule has 2 rings (SSSR count). The Bertz CT molecular complexity index is 407. The molecule has 0 bridgehead atoms. The SMILES string of the molecule is CCC1CN(C(COC)C(C)C)C(c2ccccc2)CN1. The van der Waals surface area contributed by atoms with Gasteiger partial charge in [0.1, 0.15) is 0 Å². The maximum Gasteiger partial charge on any atom is 0.0620 e. The largest absolute Gasteiger partial charge is 0.383 e. The van der Waals surface area contributed by atoms with Crippen molar-refractivity contribution >= 4 is 0 Å². The van der Waals surface area contributed by atoms with E-state index in [1.165, 1.54) is 12.0 Å². The zero-order valence-electron chi connectivity index (χ0n) is 13.9. The first-order valence-corrected chi connectivity index (χ1v) is 8.20. The fourth-order valence-corrected chi connectivity index (χ4v) is 3.31. The molecule has 0 amide bonds. The summed E-state index contributed by atoms with van der Waals surface area (Å²) in [7, 11) is 1.81. The molecule has 1 aromatic rings. The van der Waals surface area contributed by atoms with Crippen LogP contribution in [-0.4, -0.2) is 43.8 Å². The molecule has 1 saturated heterocycles. The summed E-state index contributed by atoms with van der Waals surface area (Å²) in [5, 5.41) is 3.70. The highest BCUT2D eigenvalue weighted by Crippen LogP contribution is 2.29. The fourth-order valence-electron chi connectivity index (χ4n) is 3.31. The molecule has 0 aliphatic carbocycles. The molecule has 0 saturated carbocycles. The Kier molecular flexibility index (Phi) is 6.22. The molecular formula is C18H30N2O. The number of benzene rings is 1. The Morgan fingerprint density at radius 1 is 1.29 bits per heavy atom. The van der Waals surface area contributed by atoms with Crippen molar-refractivity contribution in [3.8, 4) is 0 Å². The molecule has 1 aromatic carbocycles. The molecule has 21 heavy (non-hydrogen) atoms. The van der Waals surface area contributed by atoms with E-state index >= 15 is 0 Å². The summed E-state index contributed by atoms with van der Waals surface area (Å²) in [4.78, 5) is 2.66. The lowest BCUT2D eigenvalue weighted by molar-refractivity contribution is 0.0108. The molecule has 1 N–H and O–H groups in total. The topological polar surface area (TPSA) is 24.5 Å². The molecule has 1 aliphatic heterocycles. The van der Waals surface area contributed by atoms with Crippen molar-refractivity contribution in [3.05, 3.63) is 35.9 Å². The van der Waals surface area contributed by atoms with Crippen LogP contribution in [0.5, 0.6) is 0 Å². The van der Waals surface area contributed by atoms with Crippen LogP contribution in [0.2, 0.25) is 0 Å². The summed E-state index contributed by atoms with van der Waals surface area (Å²) in [5.41, 5.74) is 1.40. The molecule has 0 radical (unpaired) electrons. The van der Waals surface area contributed by atoms with Crippen LogP contribution in [0.15, 0.2) is 30.3 Å². The van der Waals surface area contributed by atoms with E-state index < -0.39 is 0 Å². The Morgan fingerprint density at radius 3 is 2.57 bits per heavy atom. The number of hydrogen-bond donors (Lipinski definition) is 1. The number of piperazine rings is 1. The maximum atomic E-state index is 5.51. The van der Waals surface area contributed by atoms with E-state index in [0.717, 1.165) is 19.7 Å². The van der Waals surface area contributed by atoms with Crippen molar-refractivity contribution in [1.82, 2.24) is 10.2 Å². The minimum Gasteiger partial charge on any atom is -0.383 e. The normalized spacial score (nSPS) is 25.2. The first-order chi connectivity index (χ1) is 10.2. The summed E-state index contributed by atoms with van der Waals surface area (Å²) in [6.45, 7) is 9.79. The number of methoxy groups -OCH3 is 1. The highest BCUT2D eigenvalue weighted by molar-refractivity contribution is 5.20. The Labute approximate surface area is 129 Å². The van der Waals surface area contributed by atoms with Crippen LogP contribution in [0, 0.1) is 5.92 Å². The number of nitrogens with zero attached hydrogens (tertiary/aromatic N) is 1. The van der Waals surface area contributed by atoms with Crippen LogP contribution in [0.1, 0.15) is 38.8 Å². The standard InChI is InChI=1S/C18H30N2O/c1-5-16-12-20(18(13-21-4)14(2)3)17(11-19-16)15-9-7-6-8-10-15/h6-10,14,16-19H,5,11-13H2,1-4H3. The average Bonchev–Trinajstić information content (AvgIpc) is 2.52. The van der Waals surface area contributed by atoms with Crippen molar-refractivity contribution < 1.29 is 4.74 Å². The van der Waals surface area contributed by atoms with Crippen LogP contribution < -0.4 is 5.32 Å². The maximum absolute atomic E-state index is 5.51. The molecule has 1 heterocycles. The van der Waals surface area contributed by atoms with E-state index in [0.29, 0.717) is 24.0 Å². The van der Waals surface area contributed by atoms with Gasteiger partial charge < -0.3 is 10.1 Å². The lowest BCUT2D eigenvalue weighted by Crippen LogP contribution is -2.57. The van der Waals surface area contributed by atoms with Crippen molar-refractivity contribution in [3.63, 3.8) is 0 Å². The van der Waals surface area contributed by atoms with Gasteiger partial charge in [0.25, 0.3) is 0 Å². The minimum absolute atomic E-state index is 0.441. The number of hydrogen-bond acceptors (Lipinski definition) is 3. The lowest BCUT2D eigenvalue weighted by Gasteiger charge is -2.46. The van der Waals surface area contributed by atoms with E-state index in [1.807, 2.05) is 7.11 Å². The van der Waals surface area contributed by atoms with Gasteiger partial charge in [0, 0.05) is 38.3 Å². The Hall–Kier alpha value is -0.900. The highest BCUT2D eigenvalue weighted by Gasteiger charge is 2.34. The van der Waals surface area contributed by atoms with Gasteiger partial charge in [0.05, 0.1) is 6.61 Å². The first kappa shape index (κ1) is 16.5. The zero-order valence-corrected chi connectivity index (χ0v) is 13.9. The second-order valence-corrected chi connectivity index (χ2v) is 6.40. The summed E-state index contributed by atoms with van der Waals surface area (Å²) in [6.07, 6.45) is 1.18. The first-order valence-electron chi connectivity index (χ1n) is 8.20. The van der Waals surface area contributed by atoms with Gasteiger partial charge in [-0.05, 0) is 17.9 Å². The van der Waals surface area contributed by atoms with Gasteiger partial charge >= 0.3 is 0 Å². The molecule has 3 heteroatoms. The number of rotatable bonds is 6. The van der Waals surface area contributed by atoms with E-state index in [9.17, 15) is 0 Å². The monoisotopic (exact) mass is 290 g/mol. The van der Waals surface area contributed by atoms with E-state index in [4.69, 9.17) is 4.74 Å². The fraction of sp³-hybridized carbons (Fsp3) is 0.667. The molecule has 3 nitrogen and oxygen atoms in total. The number of ether oxygens (including phenoxy) is 1. The third-order valence-corrected chi connectivity index (χ3v) is 4.64. The van der Waals surface area contributed by atoms with Gasteiger partial charge in [-0.25, -0.2) is 0 Å². The van der Waals surface area contributed by atoms with E-state index in [2.05, 4.69) is 61.3 Å². The predicted octanol–water partition coefficient (Wildman–Crippen LogP) is 3.08. The summed E-state index contributed by atoms with van der Waals surface area (Å²) >= 11 is 0. The molecule has 0 spiro atoms. The molecule has 3 atom stereocenters. The smallest absolute Gasteiger partial charge is 0.0620 e. The molecule has 1 aliphatic rings. The van der Waals surface area contributed by atoms with Crippen LogP contribution in [0.25, 0.3) is 0 Å². The molecule has 3 unspecified atom stereocenters. The van der Waals surface area contributed by atoms with Crippen molar-refractivity contribution in [2.24, 2.45) is 5.92 Å². The molecule has 118 valence electrons. The minimum atomic E-state index is 0.441. The summed E-state index contributed by atoms with van der Waals surface area (Å²) in [5.74, 6) is 0.590. The van der Waals surface area contributed by atoms with Gasteiger partial charge in [0.15, 0.2) is 0 Å². The van der Waals surface area contributed by atoms with Crippen molar-refractivity contribution in [2.45, 2.75) is 45.3 Å². The quantitative estimate of drug-likeness (QED) is 0.871. The predicted molar refractivity (Wildman–Crippen MR) is 88.5 cm³/mol. The summed E-state index contributed by atoms with van der Waals surface area (Å²) in [6, 6.07) is 12.4. The molecule has 0 aromatic heterocycles. The third kappa shape index (κ3) is 4.06. The second kappa shape index (κ2) is 7.92. The highest BCUT2D eigenvalue weighted by atomic mass is 16.5. The van der Waals surface area contributed by atoms with E-state index in [1.54, 1.807) is 0 Å². The van der Waals surface area contributed by atoms with Gasteiger partial charge in [-0.1, -0.05) is 51.1 Å². The van der Waals surface area contributed by atoms with Crippen molar-refractivity contribution in [1.29, 1.82) is 0 Å². The number of nitrogens with one attached hydrogen (secondary N) is 1. The third-order valence-electron chi connectivity index (χ3n) is 4.64. The second-order valence-electron chi connectivity index (χ2n) is 6.40. The molecular weight excluding hydrogens is 260 g/mol. The van der Waals surface area contributed by atoms with Gasteiger partial charge in [-0.2, -0.15) is 0 Å². The Balaban J connectivity index is 2.24. The van der Waals surface area contributed by atoms with Crippen LogP contribution in [0.4, 0.5) is 0 Å². The van der Waals surface area contributed by atoms with Crippen LogP contribution in [-0.2, 0) is 4.74 Å².